The molecule has 6 heteroatoms. The van der Waals surface area contributed by atoms with Gasteiger partial charge in [0.05, 0.1) is 18.4 Å². The summed E-state index contributed by atoms with van der Waals surface area (Å²) in [4.78, 5) is 13.7. The fourth-order valence-corrected chi connectivity index (χ4v) is 1.47. The van der Waals surface area contributed by atoms with E-state index in [1.807, 2.05) is 7.05 Å². The van der Waals surface area contributed by atoms with Gasteiger partial charge < -0.3 is 19.4 Å². The van der Waals surface area contributed by atoms with Crippen molar-refractivity contribution in [1.29, 1.82) is 0 Å². The zero-order valence-corrected chi connectivity index (χ0v) is 10.8. The van der Waals surface area contributed by atoms with Crippen LogP contribution in [0.4, 0.5) is 0 Å². The summed E-state index contributed by atoms with van der Waals surface area (Å²) in [5.74, 6) is -0.219. The van der Waals surface area contributed by atoms with Crippen LogP contribution in [0.2, 0.25) is 5.22 Å². The van der Waals surface area contributed by atoms with Gasteiger partial charge in [0.25, 0.3) is 5.91 Å². The Morgan fingerprint density at radius 2 is 2.35 bits per heavy atom. The minimum atomic E-state index is -0.219. The number of nitrogens with one attached hydrogen (secondary N) is 1. The minimum absolute atomic E-state index is 0.121. The van der Waals surface area contributed by atoms with Crippen molar-refractivity contribution >= 4 is 17.5 Å². The maximum absolute atomic E-state index is 11.6. The smallest absolute Gasteiger partial charge is 0.256 e. The standard InChI is InChI=1S/C11H17ClN2O3/c1-14(6-8-16-2)5-4-13-11(15)9-3-7-17-10(9)12/h3,7H,4-6,8H2,1-2H3,(H,13,15). The number of methoxy groups -OCH3 is 1. The fraction of sp³-hybridized carbons (Fsp3) is 0.545. The summed E-state index contributed by atoms with van der Waals surface area (Å²) < 4.78 is 9.80. The summed E-state index contributed by atoms with van der Waals surface area (Å²) in [5.41, 5.74) is 0.367. The Morgan fingerprint density at radius 1 is 1.59 bits per heavy atom. The summed E-state index contributed by atoms with van der Waals surface area (Å²) in [6.07, 6.45) is 1.39. The third-order valence-corrected chi connectivity index (χ3v) is 2.61. The molecule has 96 valence electrons. The lowest BCUT2D eigenvalue weighted by Gasteiger charge is -2.15. The maximum Gasteiger partial charge on any atom is 0.256 e. The SMILES string of the molecule is COCCN(C)CCNC(=O)c1ccoc1Cl. The van der Waals surface area contributed by atoms with Crippen molar-refractivity contribution < 1.29 is 13.9 Å². The molecule has 0 bridgehead atoms. The molecule has 1 rings (SSSR count). The average molecular weight is 261 g/mol. The van der Waals surface area contributed by atoms with Crippen molar-refractivity contribution in [3.63, 3.8) is 0 Å². The Balaban J connectivity index is 2.23. The number of amides is 1. The van der Waals surface area contributed by atoms with Crippen molar-refractivity contribution in [2.45, 2.75) is 0 Å². The van der Waals surface area contributed by atoms with Gasteiger partial charge in [0.1, 0.15) is 0 Å². The second-order valence-corrected chi connectivity index (χ2v) is 4.00. The van der Waals surface area contributed by atoms with Crippen LogP contribution in [0.5, 0.6) is 0 Å². The predicted molar refractivity (Wildman–Crippen MR) is 65.4 cm³/mol. The van der Waals surface area contributed by atoms with E-state index >= 15 is 0 Å². The topological polar surface area (TPSA) is 54.7 Å². The van der Waals surface area contributed by atoms with Gasteiger partial charge in [0.2, 0.25) is 5.22 Å². The van der Waals surface area contributed by atoms with Gasteiger partial charge in [-0.05, 0) is 24.7 Å². The summed E-state index contributed by atoms with van der Waals surface area (Å²) in [7, 11) is 3.63. The van der Waals surface area contributed by atoms with Gasteiger partial charge in [-0.15, -0.1) is 0 Å². The normalized spacial score (nSPS) is 10.8. The van der Waals surface area contributed by atoms with E-state index < -0.39 is 0 Å². The van der Waals surface area contributed by atoms with Crippen LogP contribution in [0.3, 0.4) is 0 Å². The number of ether oxygens (including phenoxy) is 1. The number of nitrogens with zero attached hydrogens (tertiary/aromatic N) is 1. The molecule has 0 fully saturated rings. The molecule has 0 saturated carbocycles. The van der Waals surface area contributed by atoms with Crippen LogP contribution >= 0.6 is 11.6 Å². The molecule has 0 saturated heterocycles. The molecule has 0 aliphatic rings. The molecule has 0 atom stereocenters. The highest BCUT2D eigenvalue weighted by molar-refractivity contribution is 6.32. The van der Waals surface area contributed by atoms with Crippen LogP contribution in [0, 0.1) is 0 Å². The number of furan rings is 1. The highest BCUT2D eigenvalue weighted by Gasteiger charge is 2.12. The first kappa shape index (κ1) is 14.0. The van der Waals surface area contributed by atoms with Crippen LogP contribution < -0.4 is 5.32 Å². The van der Waals surface area contributed by atoms with E-state index in [0.717, 1.165) is 13.1 Å². The van der Waals surface area contributed by atoms with E-state index in [1.54, 1.807) is 13.2 Å². The van der Waals surface area contributed by atoms with Gasteiger partial charge in [0.15, 0.2) is 0 Å². The molecular weight excluding hydrogens is 244 g/mol. The summed E-state index contributed by atoms with van der Waals surface area (Å²) in [6, 6.07) is 1.55. The van der Waals surface area contributed by atoms with E-state index in [4.69, 9.17) is 20.8 Å². The molecule has 0 spiro atoms. The van der Waals surface area contributed by atoms with Crippen LogP contribution in [-0.2, 0) is 4.74 Å². The predicted octanol–water partition coefficient (Wildman–Crippen LogP) is 1.24. The van der Waals surface area contributed by atoms with Crippen molar-refractivity contribution in [3.8, 4) is 0 Å². The molecule has 5 nitrogen and oxygen atoms in total. The molecule has 17 heavy (non-hydrogen) atoms. The lowest BCUT2D eigenvalue weighted by Crippen LogP contribution is -2.34. The zero-order valence-electron chi connectivity index (χ0n) is 10.0. The lowest BCUT2D eigenvalue weighted by atomic mass is 10.3. The highest BCUT2D eigenvalue weighted by atomic mass is 35.5. The van der Waals surface area contributed by atoms with Gasteiger partial charge in [0, 0.05) is 26.7 Å². The first-order chi connectivity index (χ1) is 8.15. The van der Waals surface area contributed by atoms with Crippen molar-refractivity contribution in [2.24, 2.45) is 0 Å². The summed E-state index contributed by atoms with van der Waals surface area (Å²) in [5, 5.41) is 2.89. The number of carbonyl (C=O) groups is 1. The van der Waals surface area contributed by atoms with E-state index in [-0.39, 0.29) is 11.1 Å². The maximum atomic E-state index is 11.6. The Hall–Kier alpha value is -1.04. The molecule has 0 aliphatic heterocycles. The van der Waals surface area contributed by atoms with Crippen LogP contribution in [-0.4, -0.2) is 51.2 Å². The highest BCUT2D eigenvalue weighted by Crippen LogP contribution is 2.15. The second kappa shape index (κ2) is 7.32. The average Bonchev–Trinajstić information content (AvgIpc) is 2.72. The molecule has 1 aromatic rings. The van der Waals surface area contributed by atoms with E-state index in [2.05, 4.69) is 10.2 Å². The summed E-state index contributed by atoms with van der Waals surface area (Å²) in [6.45, 7) is 2.82. The Labute approximate surface area is 106 Å². The molecule has 1 amide bonds. The zero-order chi connectivity index (χ0) is 12.7. The van der Waals surface area contributed by atoms with Gasteiger partial charge in [-0.1, -0.05) is 0 Å². The fourth-order valence-electron chi connectivity index (χ4n) is 1.27. The Kier molecular flexibility index (Phi) is 6.04. The van der Waals surface area contributed by atoms with E-state index in [1.165, 1.54) is 6.26 Å². The molecular formula is C11H17ClN2O3. The van der Waals surface area contributed by atoms with Crippen molar-refractivity contribution in [3.05, 3.63) is 23.1 Å². The first-order valence-electron chi connectivity index (χ1n) is 5.34. The van der Waals surface area contributed by atoms with E-state index in [9.17, 15) is 4.79 Å². The van der Waals surface area contributed by atoms with Gasteiger partial charge >= 0.3 is 0 Å². The van der Waals surface area contributed by atoms with Crippen LogP contribution in [0.15, 0.2) is 16.7 Å². The molecule has 1 aromatic heterocycles. The number of rotatable bonds is 7. The molecule has 1 heterocycles. The monoisotopic (exact) mass is 260 g/mol. The number of hydrogen-bond acceptors (Lipinski definition) is 4. The Bertz CT molecular complexity index is 354. The summed E-state index contributed by atoms with van der Waals surface area (Å²) >= 11 is 5.69. The lowest BCUT2D eigenvalue weighted by molar-refractivity contribution is 0.0947. The Morgan fingerprint density at radius 3 is 2.94 bits per heavy atom. The quantitative estimate of drug-likeness (QED) is 0.802. The van der Waals surface area contributed by atoms with Gasteiger partial charge in [-0.2, -0.15) is 0 Å². The van der Waals surface area contributed by atoms with Crippen LogP contribution in [0.1, 0.15) is 10.4 Å². The molecule has 0 unspecified atom stereocenters. The molecule has 0 radical (unpaired) electrons. The van der Waals surface area contributed by atoms with Crippen LogP contribution in [0.25, 0.3) is 0 Å². The third kappa shape index (κ3) is 4.77. The number of likely N-dealkylation sites (N-methyl/N-ethyl adjacent to an activating group) is 1. The largest absolute Gasteiger partial charge is 0.452 e. The van der Waals surface area contributed by atoms with Crippen molar-refractivity contribution in [2.75, 3.05) is 40.4 Å². The number of halogens is 1. The number of hydrogen-bond donors (Lipinski definition) is 1. The number of carbonyl (C=O) groups excluding carboxylic acids is 1. The minimum Gasteiger partial charge on any atom is -0.452 e. The molecule has 1 N–H and O–H groups in total. The van der Waals surface area contributed by atoms with Gasteiger partial charge in [-0.3, -0.25) is 4.79 Å². The first-order valence-corrected chi connectivity index (χ1v) is 5.71. The second-order valence-electron chi connectivity index (χ2n) is 3.66. The van der Waals surface area contributed by atoms with E-state index in [0.29, 0.717) is 18.7 Å². The van der Waals surface area contributed by atoms with Gasteiger partial charge in [-0.25, -0.2) is 0 Å². The van der Waals surface area contributed by atoms with Crippen molar-refractivity contribution in [1.82, 2.24) is 10.2 Å². The third-order valence-electron chi connectivity index (χ3n) is 2.32. The molecule has 0 aromatic carbocycles. The molecule has 0 aliphatic carbocycles.